The summed E-state index contributed by atoms with van der Waals surface area (Å²) < 4.78 is 28.2. The van der Waals surface area contributed by atoms with Crippen molar-refractivity contribution in [2.75, 3.05) is 11.9 Å². The van der Waals surface area contributed by atoms with E-state index in [4.69, 9.17) is 11.6 Å². The van der Waals surface area contributed by atoms with E-state index in [0.717, 1.165) is 16.5 Å². The van der Waals surface area contributed by atoms with Crippen molar-refractivity contribution >= 4 is 50.0 Å². The SMILES string of the molecule is O=C(NCCc1c[nH]c2cc(Cl)ccc12)c1ccc(NC2=NS(=O)(=O)c3ccccc32)cc1. The van der Waals surface area contributed by atoms with Crippen LogP contribution in [0.1, 0.15) is 21.5 Å². The summed E-state index contributed by atoms with van der Waals surface area (Å²) in [4.78, 5) is 15.9. The van der Waals surface area contributed by atoms with Crippen LogP contribution in [0, 0.1) is 0 Å². The van der Waals surface area contributed by atoms with Crippen LogP contribution < -0.4 is 10.6 Å². The Labute approximate surface area is 195 Å². The molecule has 0 radical (unpaired) electrons. The number of halogens is 1. The van der Waals surface area contributed by atoms with Gasteiger partial charge in [-0.2, -0.15) is 8.42 Å². The van der Waals surface area contributed by atoms with Crippen molar-refractivity contribution in [3.05, 3.63) is 94.6 Å². The average Bonchev–Trinajstić information content (AvgIpc) is 3.32. The van der Waals surface area contributed by atoms with Gasteiger partial charge in [0.15, 0.2) is 5.84 Å². The lowest BCUT2D eigenvalue weighted by atomic mass is 10.1. The predicted molar refractivity (Wildman–Crippen MR) is 130 cm³/mol. The van der Waals surface area contributed by atoms with E-state index in [0.29, 0.717) is 34.8 Å². The molecule has 0 fully saturated rings. The van der Waals surface area contributed by atoms with Gasteiger partial charge in [0.1, 0.15) is 4.90 Å². The molecule has 1 aliphatic heterocycles. The van der Waals surface area contributed by atoms with Crippen molar-refractivity contribution < 1.29 is 13.2 Å². The Bertz CT molecular complexity index is 1510. The predicted octanol–water partition coefficient (Wildman–Crippen LogP) is 4.35. The van der Waals surface area contributed by atoms with E-state index in [1.54, 1.807) is 42.5 Å². The number of carbonyl (C=O) groups excluding carboxylic acids is 1. The van der Waals surface area contributed by atoms with E-state index in [1.807, 2.05) is 24.4 Å². The summed E-state index contributed by atoms with van der Waals surface area (Å²) in [7, 11) is -3.69. The van der Waals surface area contributed by atoms with Gasteiger partial charge >= 0.3 is 0 Å². The molecule has 0 saturated heterocycles. The topological polar surface area (TPSA) is 103 Å². The number of rotatable bonds is 5. The number of amidine groups is 1. The maximum Gasteiger partial charge on any atom is 0.285 e. The van der Waals surface area contributed by atoms with Crippen LogP contribution >= 0.6 is 11.6 Å². The number of aromatic amines is 1. The van der Waals surface area contributed by atoms with Crippen LogP contribution in [0.2, 0.25) is 5.02 Å². The quantitative estimate of drug-likeness (QED) is 0.396. The zero-order valence-corrected chi connectivity index (χ0v) is 18.9. The minimum atomic E-state index is -3.69. The smallest absolute Gasteiger partial charge is 0.285 e. The summed E-state index contributed by atoms with van der Waals surface area (Å²) in [6.45, 7) is 0.486. The van der Waals surface area contributed by atoms with Gasteiger partial charge in [0, 0.05) is 45.5 Å². The van der Waals surface area contributed by atoms with Crippen LogP contribution in [-0.2, 0) is 16.4 Å². The van der Waals surface area contributed by atoms with Crippen molar-refractivity contribution in [1.29, 1.82) is 0 Å². The molecule has 3 N–H and O–H groups in total. The van der Waals surface area contributed by atoms with Crippen LogP contribution in [0.3, 0.4) is 0 Å². The molecular formula is C24H19ClN4O3S. The zero-order valence-electron chi connectivity index (χ0n) is 17.3. The van der Waals surface area contributed by atoms with E-state index in [9.17, 15) is 13.2 Å². The summed E-state index contributed by atoms with van der Waals surface area (Å²) in [6.07, 6.45) is 2.61. The first-order valence-electron chi connectivity index (χ1n) is 10.3. The number of nitrogens with zero attached hydrogens (tertiary/aromatic N) is 1. The number of amides is 1. The van der Waals surface area contributed by atoms with Gasteiger partial charge in [-0.25, -0.2) is 0 Å². The molecule has 0 aliphatic carbocycles. The second-order valence-electron chi connectivity index (χ2n) is 7.62. The molecule has 9 heteroatoms. The Morgan fingerprint density at radius 3 is 2.64 bits per heavy atom. The number of anilines is 1. The van der Waals surface area contributed by atoms with Gasteiger partial charge in [-0.3, -0.25) is 4.79 Å². The molecule has 1 aliphatic rings. The number of benzene rings is 3. The summed E-state index contributed by atoms with van der Waals surface area (Å²) in [5, 5.41) is 7.71. The fourth-order valence-corrected chi connectivity index (χ4v) is 5.16. The number of nitrogens with one attached hydrogen (secondary N) is 3. The maximum absolute atomic E-state index is 12.5. The van der Waals surface area contributed by atoms with Crippen molar-refractivity contribution in [3.63, 3.8) is 0 Å². The second kappa shape index (κ2) is 8.38. The maximum atomic E-state index is 12.5. The molecule has 2 heterocycles. The summed E-state index contributed by atoms with van der Waals surface area (Å²) >= 11 is 6.02. The van der Waals surface area contributed by atoms with Gasteiger partial charge in [-0.1, -0.05) is 29.8 Å². The molecule has 3 aromatic carbocycles. The largest absolute Gasteiger partial charge is 0.361 e. The van der Waals surface area contributed by atoms with Gasteiger partial charge in [0.2, 0.25) is 0 Å². The van der Waals surface area contributed by atoms with Gasteiger partial charge < -0.3 is 15.6 Å². The highest BCUT2D eigenvalue weighted by Gasteiger charge is 2.28. The van der Waals surface area contributed by atoms with Crippen molar-refractivity contribution in [3.8, 4) is 0 Å². The van der Waals surface area contributed by atoms with Gasteiger partial charge in [0.05, 0.1) is 0 Å². The lowest BCUT2D eigenvalue weighted by molar-refractivity contribution is 0.0954. The first-order chi connectivity index (χ1) is 15.9. The average molecular weight is 479 g/mol. The highest BCUT2D eigenvalue weighted by atomic mass is 35.5. The fourth-order valence-electron chi connectivity index (χ4n) is 3.82. The standard InChI is InChI=1S/C24H19ClN4O3S/c25-17-7-10-19-16(14-27-21(19)13-17)11-12-26-24(30)15-5-8-18(9-6-15)28-23-20-3-1-2-4-22(20)33(31,32)29-23/h1-10,13-14,27H,11-12H2,(H,26,30)(H,28,29). The third-order valence-corrected chi connectivity index (χ3v) is 7.02. The number of carbonyl (C=O) groups is 1. The van der Waals surface area contributed by atoms with E-state index >= 15 is 0 Å². The molecule has 5 rings (SSSR count). The van der Waals surface area contributed by atoms with Gasteiger partial charge in [-0.15, -0.1) is 4.40 Å². The Kier molecular flexibility index (Phi) is 5.39. The first kappa shape index (κ1) is 21.2. The fraction of sp³-hybridized carbons (Fsp3) is 0.0833. The summed E-state index contributed by atoms with van der Waals surface area (Å²) in [5.74, 6) is 0.0818. The number of sulfonamides is 1. The van der Waals surface area contributed by atoms with E-state index in [1.165, 1.54) is 6.07 Å². The summed E-state index contributed by atoms with van der Waals surface area (Å²) in [5.41, 5.74) is 3.74. The molecule has 166 valence electrons. The number of H-pyrrole nitrogens is 1. The molecule has 1 amide bonds. The molecule has 4 aromatic rings. The van der Waals surface area contributed by atoms with Crippen molar-refractivity contribution in [1.82, 2.24) is 10.3 Å². The lowest BCUT2D eigenvalue weighted by Crippen LogP contribution is -2.25. The number of aromatic nitrogens is 1. The molecule has 7 nitrogen and oxygen atoms in total. The van der Waals surface area contributed by atoms with Crippen LogP contribution in [0.5, 0.6) is 0 Å². The second-order valence-corrected chi connectivity index (χ2v) is 9.63. The molecule has 0 saturated carbocycles. The zero-order chi connectivity index (χ0) is 23.0. The van der Waals surface area contributed by atoms with Gasteiger partial charge in [0.25, 0.3) is 15.9 Å². The molecule has 33 heavy (non-hydrogen) atoms. The minimum Gasteiger partial charge on any atom is -0.361 e. The van der Waals surface area contributed by atoms with E-state index in [-0.39, 0.29) is 16.6 Å². The van der Waals surface area contributed by atoms with Crippen LogP contribution in [0.25, 0.3) is 10.9 Å². The van der Waals surface area contributed by atoms with Crippen molar-refractivity contribution in [2.24, 2.45) is 4.40 Å². The molecule has 0 bridgehead atoms. The molecule has 0 unspecified atom stereocenters. The summed E-state index contributed by atoms with van der Waals surface area (Å²) in [6, 6.07) is 19.1. The molecular weight excluding hydrogens is 460 g/mol. The highest BCUT2D eigenvalue weighted by molar-refractivity contribution is 7.90. The normalized spacial score (nSPS) is 14.0. The highest BCUT2D eigenvalue weighted by Crippen LogP contribution is 2.27. The Balaban J connectivity index is 1.21. The Hall–Kier alpha value is -3.62. The first-order valence-corrected chi connectivity index (χ1v) is 12.1. The molecule has 0 spiro atoms. The Morgan fingerprint density at radius 2 is 1.82 bits per heavy atom. The van der Waals surface area contributed by atoms with E-state index in [2.05, 4.69) is 20.0 Å². The molecule has 1 aromatic heterocycles. The van der Waals surface area contributed by atoms with Gasteiger partial charge in [-0.05, 0) is 60.5 Å². The van der Waals surface area contributed by atoms with Crippen LogP contribution in [-0.4, -0.2) is 31.7 Å². The lowest BCUT2D eigenvalue weighted by Gasteiger charge is -2.08. The Morgan fingerprint density at radius 1 is 1.03 bits per heavy atom. The minimum absolute atomic E-state index is 0.182. The van der Waals surface area contributed by atoms with E-state index < -0.39 is 10.0 Å². The number of hydrogen-bond donors (Lipinski definition) is 3. The monoisotopic (exact) mass is 478 g/mol. The number of hydrogen-bond acceptors (Lipinski definition) is 4. The molecule has 0 atom stereocenters. The third-order valence-electron chi connectivity index (χ3n) is 5.45. The number of fused-ring (bicyclic) bond motifs is 2. The van der Waals surface area contributed by atoms with Crippen LogP contribution in [0.15, 0.2) is 82.2 Å². The van der Waals surface area contributed by atoms with Crippen molar-refractivity contribution in [2.45, 2.75) is 11.3 Å². The third kappa shape index (κ3) is 4.22. The van der Waals surface area contributed by atoms with Crippen LogP contribution in [0.4, 0.5) is 5.69 Å².